The molecular weight excluding hydrogens is 517 g/mol. The van der Waals surface area contributed by atoms with Crippen molar-refractivity contribution >= 4 is 16.8 Å². The van der Waals surface area contributed by atoms with E-state index in [9.17, 15) is 18.3 Å². The van der Waals surface area contributed by atoms with Crippen molar-refractivity contribution in [3.63, 3.8) is 0 Å². The Morgan fingerprint density at radius 3 is 2.23 bits per heavy atom. The third-order valence-electron chi connectivity index (χ3n) is 8.25. The van der Waals surface area contributed by atoms with Gasteiger partial charge in [-0.3, -0.25) is 4.40 Å². The third kappa shape index (κ3) is 4.31. The van der Waals surface area contributed by atoms with Crippen LogP contribution in [0, 0.1) is 5.92 Å². The molecule has 5 aromatic rings. The van der Waals surface area contributed by atoms with E-state index in [0.29, 0.717) is 47.0 Å². The summed E-state index contributed by atoms with van der Waals surface area (Å²) in [4.78, 5) is 9.90. The van der Waals surface area contributed by atoms with E-state index >= 15 is 0 Å². The molecule has 3 heterocycles. The van der Waals surface area contributed by atoms with E-state index in [1.807, 2.05) is 54.6 Å². The fourth-order valence-corrected chi connectivity index (χ4v) is 6.07. The summed E-state index contributed by atoms with van der Waals surface area (Å²) in [5.41, 5.74) is 10.7. The molecule has 2 aliphatic carbocycles. The quantitative estimate of drug-likeness (QED) is 0.289. The highest BCUT2D eigenvalue weighted by atomic mass is 19.4. The Hall–Kier alpha value is -3.89. The van der Waals surface area contributed by atoms with Crippen LogP contribution < -0.4 is 5.73 Å². The minimum Gasteiger partial charge on any atom is -0.389 e. The number of benzene rings is 2. The number of hydrogen-bond donors (Lipinski definition) is 2. The van der Waals surface area contributed by atoms with Crippen LogP contribution in [0.3, 0.4) is 0 Å². The second-order valence-corrected chi connectivity index (χ2v) is 11.2. The molecule has 2 saturated carbocycles. The van der Waals surface area contributed by atoms with Gasteiger partial charge < -0.3 is 10.8 Å². The summed E-state index contributed by atoms with van der Waals surface area (Å²) >= 11 is 0. The van der Waals surface area contributed by atoms with E-state index in [2.05, 4.69) is 10.2 Å². The second kappa shape index (κ2) is 8.81. The third-order valence-corrected chi connectivity index (χ3v) is 8.25. The van der Waals surface area contributed by atoms with E-state index in [1.54, 1.807) is 16.5 Å². The molecule has 0 radical (unpaired) electrons. The summed E-state index contributed by atoms with van der Waals surface area (Å²) in [6, 6.07) is 20.9. The van der Waals surface area contributed by atoms with Crippen molar-refractivity contribution in [2.75, 3.05) is 0 Å². The summed E-state index contributed by atoms with van der Waals surface area (Å²) in [6.45, 7) is 0. The van der Waals surface area contributed by atoms with Crippen molar-refractivity contribution in [1.82, 2.24) is 24.6 Å². The van der Waals surface area contributed by atoms with Gasteiger partial charge in [0.05, 0.1) is 23.4 Å². The number of nitrogens with two attached hydrogens (primary N) is 1. The Labute approximate surface area is 227 Å². The van der Waals surface area contributed by atoms with Crippen LogP contribution in [0.1, 0.15) is 43.5 Å². The number of aromatic nitrogens is 5. The zero-order valence-corrected chi connectivity index (χ0v) is 21.6. The number of aryl methyl sites for hydroxylation is 1. The first-order valence-electron chi connectivity index (χ1n) is 13.4. The normalized spacial score (nSPS) is 23.0. The molecule has 7 nitrogen and oxygen atoms in total. The Balaban J connectivity index is 1.32. The molecule has 2 aliphatic rings. The van der Waals surface area contributed by atoms with Gasteiger partial charge in [-0.1, -0.05) is 54.6 Å². The van der Waals surface area contributed by atoms with Gasteiger partial charge in [-0.05, 0) is 49.3 Å². The average Bonchev–Trinajstić information content (AvgIpc) is 3.71. The van der Waals surface area contributed by atoms with Crippen LogP contribution >= 0.6 is 0 Å². The van der Waals surface area contributed by atoms with Crippen molar-refractivity contribution < 1.29 is 18.3 Å². The average molecular weight is 545 g/mol. The number of nitrogens with zero attached hydrogens (tertiary/aromatic N) is 5. The van der Waals surface area contributed by atoms with Crippen molar-refractivity contribution in [3.8, 4) is 22.5 Å². The van der Waals surface area contributed by atoms with Crippen molar-refractivity contribution in [1.29, 1.82) is 0 Å². The van der Waals surface area contributed by atoms with Gasteiger partial charge in [0.1, 0.15) is 11.3 Å². The fraction of sp³-hybridized carbons (Fsp3) is 0.333. The van der Waals surface area contributed by atoms with Gasteiger partial charge in [0, 0.05) is 23.1 Å². The topological polar surface area (TPSA) is 102 Å². The lowest BCUT2D eigenvalue weighted by molar-refractivity contribution is -0.134. The smallest absolute Gasteiger partial charge is 0.389 e. The molecule has 2 aromatic carbocycles. The van der Waals surface area contributed by atoms with Gasteiger partial charge in [-0.2, -0.15) is 13.2 Å². The zero-order chi connectivity index (χ0) is 27.7. The van der Waals surface area contributed by atoms with Gasteiger partial charge in [0.2, 0.25) is 0 Å². The number of hydrogen-bond acceptors (Lipinski definition) is 6. The minimum absolute atomic E-state index is 0.184. The van der Waals surface area contributed by atoms with Crippen molar-refractivity contribution in [2.45, 2.75) is 55.8 Å². The number of halogens is 3. The molecule has 3 N–H and O–H groups in total. The predicted molar refractivity (Wildman–Crippen MR) is 144 cm³/mol. The maximum absolute atomic E-state index is 13.0. The highest BCUT2D eigenvalue weighted by Gasteiger charge is 2.58. The van der Waals surface area contributed by atoms with Crippen LogP contribution in [-0.2, 0) is 12.0 Å². The first kappa shape index (κ1) is 25.1. The predicted octanol–water partition coefficient (Wildman–Crippen LogP) is 5.59. The Morgan fingerprint density at radius 2 is 1.55 bits per heavy atom. The molecule has 0 aliphatic heterocycles. The highest BCUT2D eigenvalue weighted by Crippen LogP contribution is 2.57. The van der Waals surface area contributed by atoms with E-state index in [4.69, 9.17) is 15.7 Å². The van der Waals surface area contributed by atoms with Crippen LogP contribution in [0.5, 0.6) is 0 Å². The molecule has 7 rings (SSSR count). The molecule has 40 heavy (non-hydrogen) atoms. The molecule has 204 valence electrons. The van der Waals surface area contributed by atoms with Crippen LogP contribution in [0.2, 0.25) is 0 Å². The minimum atomic E-state index is -4.31. The molecule has 0 atom stereocenters. The van der Waals surface area contributed by atoms with Gasteiger partial charge >= 0.3 is 6.18 Å². The largest absolute Gasteiger partial charge is 0.389 e. The first-order chi connectivity index (χ1) is 19.1. The van der Waals surface area contributed by atoms with Crippen LogP contribution in [0.4, 0.5) is 13.2 Å². The maximum atomic E-state index is 13.0. The van der Waals surface area contributed by atoms with Gasteiger partial charge in [0.25, 0.3) is 0 Å². The molecule has 0 saturated heterocycles. The lowest BCUT2D eigenvalue weighted by Gasteiger charge is -2.52. The molecule has 3 aromatic heterocycles. The SMILES string of the molecule is NC1(c2ccc(-c3nc4ccc5nnc(CCC(F)(F)F)n5c4nc3-c3ccccc3)cc2)CC(O)(C2CC2)C1. The summed E-state index contributed by atoms with van der Waals surface area (Å²) in [6.07, 6.45) is -2.38. The van der Waals surface area contributed by atoms with E-state index in [-0.39, 0.29) is 12.2 Å². The molecule has 0 spiro atoms. The molecule has 0 unspecified atom stereocenters. The fourth-order valence-electron chi connectivity index (χ4n) is 6.07. The van der Waals surface area contributed by atoms with Gasteiger partial charge in [0.15, 0.2) is 11.3 Å². The summed E-state index contributed by atoms with van der Waals surface area (Å²) in [7, 11) is 0. The molecule has 0 bridgehead atoms. The van der Waals surface area contributed by atoms with Crippen molar-refractivity contribution in [3.05, 3.63) is 78.1 Å². The van der Waals surface area contributed by atoms with Gasteiger partial charge in [-0.15, -0.1) is 10.2 Å². The number of aliphatic hydroxyl groups is 1. The Morgan fingerprint density at radius 1 is 0.875 bits per heavy atom. The van der Waals surface area contributed by atoms with Crippen LogP contribution in [0.15, 0.2) is 66.7 Å². The van der Waals surface area contributed by atoms with Crippen LogP contribution in [0.25, 0.3) is 39.3 Å². The van der Waals surface area contributed by atoms with E-state index in [0.717, 1.165) is 29.5 Å². The molecule has 0 amide bonds. The number of alkyl halides is 3. The lowest BCUT2D eigenvalue weighted by atomic mass is 9.60. The second-order valence-electron chi connectivity index (χ2n) is 11.2. The summed E-state index contributed by atoms with van der Waals surface area (Å²) < 4.78 is 40.5. The standard InChI is InChI=1S/C30H27F3N6O/c31-30(32,33)15-14-24-38-37-23-13-12-22-27(39(23)24)36-26(18-4-2-1-3-5-18)25(35-22)19-6-8-20(9-7-19)28(34)16-29(40,17-28)21-10-11-21/h1-9,12-13,21,40H,10-11,14-17,34H2. The van der Waals surface area contributed by atoms with E-state index < -0.39 is 23.7 Å². The lowest BCUT2D eigenvalue weighted by Crippen LogP contribution is -2.60. The number of fused-ring (bicyclic) bond motifs is 3. The monoisotopic (exact) mass is 544 g/mol. The summed E-state index contributed by atoms with van der Waals surface area (Å²) in [5, 5.41) is 18.9. The molecule has 10 heteroatoms. The van der Waals surface area contributed by atoms with Gasteiger partial charge in [-0.25, -0.2) is 9.97 Å². The maximum Gasteiger partial charge on any atom is 0.389 e. The Bertz CT molecular complexity index is 1720. The Kier molecular flexibility index (Phi) is 5.53. The first-order valence-corrected chi connectivity index (χ1v) is 13.4. The van der Waals surface area contributed by atoms with Crippen LogP contribution in [-0.4, -0.2) is 41.4 Å². The number of rotatable bonds is 6. The molecular formula is C30H27F3N6O. The summed E-state index contributed by atoms with van der Waals surface area (Å²) in [5.74, 6) is 0.555. The molecule has 2 fully saturated rings. The van der Waals surface area contributed by atoms with E-state index in [1.165, 1.54) is 0 Å². The number of pyridine rings is 1. The highest BCUT2D eigenvalue weighted by molar-refractivity contribution is 5.86. The zero-order valence-electron chi connectivity index (χ0n) is 21.6. The van der Waals surface area contributed by atoms with Crippen molar-refractivity contribution in [2.24, 2.45) is 11.7 Å².